The zero-order valence-electron chi connectivity index (χ0n) is 20.8. The summed E-state index contributed by atoms with van der Waals surface area (Å²) in [7, 11) is 1.49. The van der Waals surface area contributed by atoms with E-state index >= 15 is 0 Å². The minimum Gasteiger partial charge on any atom is -0.288 e. The number of carbonyl (C=O) groups excluding carboxylic acids is 4. The maximum Gasteiger partial charge on any atom is 0.261 e. The average Bonchev–Trinajstić information content (AvgIpc) is 3.38. The van der Waals surface area contributed by atoms with Gasteiger partial charge in [0.15, 0.2) is 0 Å². The molecule has 0 saturated carbocycles. The number of carbonyl (C=O) groups is 4. The van der Waals surface area contributed by atoms with Crippen molar-refractivity contribution in [2.75, 3.05) is 7.05 Å². The second-order valence-electron chi connectivity index (χ2n) is 8.71. The first kappa shape index (κ1) is 25.0. The molecule has 0 aromatic heterocycles. The molecule has 1 N–H and O–H groups in total. The van der Waals surface area contributed by atoms with Crippen molar-refractivity contribution in [3.63, 3.8) is 0 Å². The van der Waals surface area contributed by atoms with Gasteiger partial charge < -0.3 is 0 Å². The van der Waals surface area contributed by atoms with Gasteiger partial charge in [0.05, 0.1) is 22.3 Å². The lowest BCUT2D eigenvalue weighted by Crippen LogP contribution is -2.24. The number of amides is 4. The minimum atomic E-state index is -0.358. The maximum atomic E-state index is 11.9. The number of fused-ring (bicyclic) bond motifs is 2. The van der Waals surface area contributed by atoms with Crippen molar-refractivity contribution in [1.29, 1.82) is 0 Å². The molecule has 0 aliphatic carbocycles. The molecule has 4 amide bonds. The van der Waals surface area contributed by atoms with Gasteiger partial charge in [0.1, 0.15) is 0 Å². The minimum absolute atomic E-state index is 0.257. The topological polar surface area (TPSA) is 83.6 Å². The highest BCUT2D eigenvalue weighted by Gasteiger charge is 2.32. The second kappa shape index (κ2) is 10.7. The molecule has 0 unspecified atom stereocenters. The lowest BCUT2D eigenvalue weighted by Gasteiger charge is -2.02. The number of nitrogens with zero attached hydrogens (tertiary/aromatic N) is 1. The van der Waals surface area contributed by atoms with E-state index in [9.17, 15) is 19.2 Å². The Labute approximate surface area is 225 Å². The summed E-state index contributed by atoms with van der Waals surface area (Å²) in [6, 6.07) is 29.3. The van der Waals surface area contributed by atoms with Crippen molar-refractivity contribution in [1.82, 2.24) is 10.2 Å². The van der Waals surface area contributed by atoms with Crippen molar-refractivity contribution in [2.45, 2.75) is 0 Å². The van der Waals surface area contributed by atoms with E-state index in [0.717, 1.165) is 21.6 Å². The fourth-order valence-electron chi connectivity index (χ4n) is 4.02. The largest absolute Gasteiger partial charge is 0.288 e. The molecule has 4 aromatic rings. The summed E-state index contributed by atoms with van der Waals surface area (Å²) in [5, 5.41) is 2.26. The van der Waals surface area contributed by atoms with E-state index in [1.807, 2.05) is 60.7 Å². The summed E-state index contributed by atoms with van der Waals surface area (Å²) in [5.74, 6) is 10.8. The van der Waals surface area contributed by atoms with E-state index in [2.05, 4.69) is 29.0 Å². The van der Waals surface area contributed by atoms with Crippen LogP contribution in [0, 0.1) is 23.7 Å². The van der Waals surface area contributed by atoms with E-state index in [0.29, 0.717) is 27.8 Å². The van der Waals surface area contributed by atoms with Crippen LogP contribution in [0.25, 0.3) is 0 Å². The fraction of sp³-hybridized carbons (Fsp3) is 0.0303. The molecule has 0 bridgehead atoms. The number of rotatable bonds is 0. The maximum absolute atomic E-state index is 11.9. The average molecular weight is 509 g/mol. The number of benzene rings is 4. The van der Waals surface area contributed by atoms with Crippen LogP contribution in [-0.2, 0) is 0 Å². The molecule has 2 aliphatic heterocycles. The van der Waals surface area contributed by atoms with E-state index in [-0.39, 0.29) is 23.6 Å². The van der Waals surface area contributed by atoms with Gasteiger partial charge in [-0.15, -0.1) is 0 Å². The molecule has 4 aromatic carbocycles. The van der Waals surface area contributed by atoms with Gasteiger partial charge in [0, 0.05) is 29.3 Å². The lowest BCUT2D eigenvalue weighted by molar-refractivity contribution is 0.0691. The Morgan fingerprint density at radius 1 is 0.487 bits per heavy atom. The van der Waals surface area contributed by atoms with Gasteiger partial charge in [-0.2, -0.15) is 0 Å². The Hall–Kier alpha value is -5.72. The first-order valence-corrected chi connectivity index (χ1v) is 12.0. The zero-order chi connectivity index (χ0) is 27.4. The molecule has 6 rings (SSSR count). The van der Waals surface area contributed by atoms with Crippen molar-refractivity contribution in [2.24, 2.45) is 0 Å². The molecule has 0 radical (unpaired) electrons. The number of hydrogen-bond donors (Lipinski definition) is 1. The Morgan fingerprint density at radius 3 is 1.49 bits per heavy atom. The summed E-state index contributed by atoms with van der Waals surface area (Å²) >= 11 is 0. The molecule has 2 aliphatic rings. The fourth-order valence-corrected chi connectivity index (χ4v) is 4.02. The summed E-state index contributed by atoms with van der Waals surface area (Å²) in [6.45, 7) is 0. The van der Waals surface area contributed by atoms with E-state index in [4.69, 9.17) is 0 Å². The van der Waals surface area contributed by atoms with E-state index < -0.39 is 0 Å². The van der Waals surface area contributed by atoms with Crippen LogP contribution < -0.4 is 5.32 Å². The van der Waals surface area contributed by atoms with Crippen LogP contribution in [0.2, 0.25) is 0 Å². The summed E-state index contributed by atoms with van der Waals surface area (Å²) in [4.78, 5) is 47.7. The highest BCUT2D eigenvalue weighted by atomic mass is 16.2. The van der Waals surface area contributed by atoms with Crippen molar-refractivity contribution in [3.8, 4) is 23.7 Å². The van der Waals surface area contributed by atoms with Crippen molar-refractivity contribution < 1.29 is 19.2 Å². The molecular weight excluding hydrogens is 488 g/mol. The summed E-state index contributed by atoms with van der Waals surface area (Å²) in [5.41, 5.74) is 4.94. The van der Waals surface area contributed by atoms with Crippen LogP contribution in [0.15, 0.2) is 97.1 Å². The normalized spacial score (nSPS) is 12.7. The molecule has 0 fully saturated rings. The zero-order valence-corrected chi connectivity index (χ0v) is 20.8. The van der Waals surface area contributed by atoms with Crippen molar-refractivity contribution in [3.05, 3.63) is 142 Å². The monoisotopic (exact) mass is 508 g/mol. The Kier molecular flexibility index (Phi) is 6.86. The third-order valence-electron chi connectivity index (χ3n) is 6.08. The summed E-state index contributed by atoms with van der Waals surface area (Å²) < 4.78 is 0. The lowest BCUT2D eigenvalue weighted by atomic mass is 10.1. The molecule has 0 spiro atoms. The Morgan fingerprint density at radius 2 is 0.923 bits per heavy atom. The van der Waals surface area contributed by atoms with Crippen molar-refractivity contribution >= 4 is 23.6 Å². The third-order valence-corrected chi connectivity index (χ3v) is 6.08. The number of hydrogen-bond acceptors (Lipinski definition) is 4. The molecule has 0 saturated heterocycles. The van der Waals surface area contributed by atoms with Crippen LogP contribution in [-0.4, -0.2) is 35.6 Å². The molecular formula is C33H20N2O4. The molecule has 39 heavy (non-hydrogen) atoms. The molecule has 0 atom stereocenters. The van der Waals surface area contributed by atoms with Gasteiger partial charge >= 0.3 is 0 Å². The van der Waals surface area contributed by atoms with Crippen LogP contribution in [0.5, 0.6) is 0 Å². The quantitative estimate of drug-likeness (QED) is 0.284. The van der Waals surface area contributed by atoms with Gasteiger partial charge in [0.2, 0.25) is 0 Å². The Bertz CT molecular complexity index is 1770. The highest BCUT2D eigenvalue weighted by molar-refractivity contribution is 6.22. The van der Waals surface area contributed by atoms with Gasteiger partial charge in [-0.25, -0.2) is 0 Å². The van der Waals surface area contributed by atoms with Gasteiger partial charge in [-0.05, 0) is 60.7 Å². The standard InChI is InChI=1S/C17H11NO2.C16H9NO2/c1-18-16(19)14-10-9-13(11-15(14)17(18)20)8-7-12-5-3-2-4-6-12;18-15-13-9-8-12(10-14(13)16(19)17-15)7-6-11-4-2-1-3-5-11/h2-6,9-11H,1H3;1-5,8-10H,(H,17,18,19). The van der Waals surface area contributed by atoms with E-state index in [1.165, 1.54) is 7.05 Å². The molecule has 2 heterocycles. The van der Waals surface area contributed by atoms with E-state index in [1.54, 1.807) is 36.4 Å². The molecule has 6 nitrogen and oxygen atoms in total. The number of imide groups is 2. The van der Waals surface area contributed by atoms with Gasteiger partial charge in [0.25, 0.3) is 23.6 Å². The molecule has 186 valence electrons. The van der Waals surface area contributed by atoms with Crippen LogP contribution in [0.1, 0.15) is 63.7 Å². The number of nitrogens with one attached hydrogen (secondary N) is 1. The summed E-state index contributed by atoms with van der Waals surface area (Å²) in [6.07, 6.45) is 0. The molecule has 6 heteroatoms. The predicted octanol–water partition coefficient (Wildman–Crippen LogP) is 4.28. The van der Waals surface area contributed by atoms with Crippen LogP contribution in [0.3, 0.4) is 0 Å². The Balaban J connectivity index is 0.000000158. The first-order valence-electron chi connectivity index (χ1n) is 12.0. The SMILES string of the molecule is CN1C(=O)c2ccc(C#Cc3ccccc3)cc2C1=O.O=C1NC(=O)c2cc(C#Cc3ccccc3)ccc21. The third kappa shape index (κ3) is 5.36. The van der Waals surface area contributed by atoms with Crippen LogP contribution in [0.4, 0.5) is 0 Å². The van der Waals surface area contributed by atoms with Gasteiger partial charge in [-0.1, -0.05) is 60.1 Å². The predicted molar refractivity (Wildman–Crippen MR) is 146 cm³/mol. The first-order chi connectivity index (χ1) is 18.9. The smallest absolute Gasteiger partial charge is 0.261 e. The highest BCUT2D eigenvalue weighted by Crippen LogP contribution is 2.22. The second-order valence-corrected chi connectivity index (χ2v) is 8.71. The van der Waals surface area contributed by atoms with Gasteiger partial charge in [-0.3, -0.25) is 29.4 Å². The van der Waals surface area contributed by atoms with Crippen LogP contribution >= 0.6 is 0 Å².